The summed E-state index contributed by atoms with van der Waals surface area (Å²) < 4.78 is 5.46. The van der Waals surface area contributed by atoms with Crippen LogP contribution in [-0.2, 0) is 9.53 Å². The number of benzene rings is 1. The highest BCUT2D eigenvalue weighted by atomic mass is 16.5. The van der Waals surface area contributed by atoms with Crippen LogP contribution < -0.4 is 10.4 Å². The summed E-state index contributed by atoms with van der Waals surface area (Å²) in [5, 5.41) is 19.7. The lowest BCUT2D eigenvalue weighted by atomic mass is 10.1. The zero-order chi connectivity index (χ0) is 18.9. The summed E-state index contributed by atoms with van der Waals surface area (Å²) in [5.74, 6) is -0.945. The van der Waals surface area contributed by atoms with Gasteiger partial charge in [0.2, 0.25) is 0 Å². The third-order valence-corrected chi connectivity index (χ3v) is 3.41. The number of carbonyl (C=O) groups is 2. The molecule has 0 aliphatic carbocycles. The summed E-state index contributed by atoms with van der Waals surface area (Å²) in [6, 6.07) is 9.13. The topological polar surface area (TPSA) is 102 Å². The van der Waals surface area contributed by atoms with Crippen LogP contribution in [0.5, 0.6) is 0 Å². The van der Waals surface area contributed by atoms with Gasteiger partial charge in [-0.1, -0.05) is 18.2 Å². The van der Waals surface area contributed by atoms with Crippen LogP contribution in [0.25, 0.3) is 0 Å². The molecule has 1 rings (SSSR count). The molecule has 0 atom stereocenters. The predicted octanol–water partition coefficient (Wildman–Crippen LogP) is 1.88. The van der Waals surface area contributed by atoms with E-state index in [2.05, 4.69) is 5.43 Å². The minimum absolute atomic E-state index is 0.180. The van der Waals surface area contributed by atoms with Crippen molar-refractivity contribution in [3.63, 3.8) is 0 Å². The molecule has 8 nitrogen and oxygen atoms in total. The summed E-state index contributed by atoms with van der Waals surface area (Å²) in [6.07, 6.45) is -0.981. The smallest absolute Gasteiger partial charge is 0.407 e. The second-order valence-electron chi connectivity index (χ2n) is 6.44. The molecule has 1 aromatic rings. The van der Waals surface area contributed by atoms with Gasteiger partial charge in [-0.25, -0.2) is 10.2 Å². The van der Waals surface area contributed by atoms with Crippen LogP contribution in [0.15, 0.2) is 30.3 Å². The Balaban J connectivity index is 2.37. The number of anilines is 1. The van der Waals surface area contributed by atoms with E-state index in [9.17, 15) is 14.7 Å². The summed E-state index contributed by atoms with van der Waals surface area (Å²) in [4.78, 5) is 23.5. The van der Waals surface area contributed by atoms with Crippen molar-refractivity contribution in [1.82, 2.24) is 10.3 Å². The Labute approximate surface area is 148 Å². The Kier molecular flexibility index (Phi) is 8.17. The van der Waals surface area contributed by atoms with Gasteiger partial charge in [-0.2, -0.15) is 0 Å². The Bertz CT molecular complexity index is 545. The molecule has 140 valence electrons. The maximum atomic E-state index is 11.2. The van der Waals surface area contributed by atoms with Crippen LogP contribution in [0.4, 0.5) is 10.5 Å². The first kappa shape index (κ1) is 20.7. The highest BCUT2D eigenvalue weighted by Gasteiger charge is 2.25. The molecule has 0 unspecified atom stereocenters. The van der Waals surface area contributed by atoms with Crippen LogP contribution in [0.3, 0.4) is 0 Å². The van der Waals surface area contributed by atoms with Gasteiger partial charge in [-0.05, 0) is 32.9 Å². The Hall–Kier alpha value is -2.32. The van der Waals surface area contributed by atoms with Gasteiger partial charge in [0.05, 0.1) is 18.9 Å². The minimum atomic E-state index is -0.981. The van der Waals surface area contributed by atoms with Crippen molar-refractivity contribution < 1.29 is 24.5 Å². The first-order chi connectivity index (χ1) is 11.7. The van der Waals surface area contributed by atoms with Crippen molar-refractivity contribution in [2.24, 2.45) is 0 Å². The van der Waals surface area contributed by atoms with Gasteiger partial charge in [-0.3, -0.25) is 9.80 Å². The van der Waals surface area contributed by atoms with Crippen LogP contribution in [0.2, 0.25) is 0 Å². The normalized spacial score (nSPS) is 11.2. The van der Waals surface area contributed by atoms with Crippen LogP contribution >= 0.6 is 0 Å². The molecule has 0 spiro atoms. The van der Waals surface area contributed by atoms with Crippen molar-refractivity contribution in [2.75, 3.05) is 37.9 Å². The maximum absolute atomic E-state index is 11.2. The summed E-state index contributed by atoms with van der Waals surface area (Å²) in [5.41, 5.74) is 3.26. The molecule has 0 aromatic heterocycles. The number of carboxylic acid groups (broad SMARTS) is 2. The lowest BCUT2D eigenvalue weighted by Gasteiger charge is -2.33. The molecule has 0 fully saturated rings. The van der Waals surface area contributed by atoms with Crippen molar-refractivity contribution in [1.29, 1.82) is 0 Å². The zero-order valence-electron chi connectivity index (χ0n) is 14.9. The van der Waals surface area contributed by atoms with Gasteiger partial charge in [0, 0.05) is 18.6 Å². The number of hydrogen-bond donors (Lipinski definition) is 3. The van der Waals surface area contributed by atoms with E-state index in [-0.39, 0.29) is 19.7 Å². The summed E-state index contributed by atoms with van der Waals surface area (Å²) in [6.45, 7) is 6.59. The predicted molar refractivity (Wildman–Crippen MR) is 94.7 cm³/mol. The van der Waals surface area contributed by atoms with E-state index in [1.54, 1.807) is 0 Å². The van der Waals surface area contributed by atoms with Gasteiger partial charge in [0.25, 0.3) is 0 Å². The van der Waals surface area contributed by atoms with E-state index in [1.165, 1.54) is 9.91 Å². The lowest BCUT2D eigenvalue weighted by Crippen LogP contribution is -2.47. The molecule has 8 heteroatoms. The molecule has 3 N–H and O–H groups in total. The summed E-state index contributed by atoms with van der Waals surface area (Å²) in [7, 11) is 0. The van der Waals surface area contributed by atoms with E-state index in [0.717, 1.165) is 5.69 Å². The molecule has 0 saturated heterocycles. The third kappa shape index (κ3) is 7.86. The molecular weight excluding hydrogens is 326 g/mol. The number of nitrogens with zero attached hydrogens (tertiary/aromatic N) is 2. The van der Waals surface area contributed by atoms with Crippen LogP contribution in [0, 0.1) is 0 Å². The van der Waals surface area contributed by atoms with Crippen molar-refractivity contribution >= 4 is 17.7 Å². The molecule has 0 saturated carbocycles. The molecule has 0 heterocycles. The number of hydrogen-bond acceptors (Lipinski definition) is 5. The van der Waals surface area contributed by atoms with Crippen molar-refractivity contribution in [2.45, 2.75) is 26.3 Å². The van der Waals surface area contributed by atoms with Gasteiger partial charge < -0.3 is 19.8 Å². The molecule has 0 aliphatic heterocycles. The first-order valence-electron chi connectivity index (χ1n) is 8.08. The van der Waals surface area contributed by atoms with Gasteiger partial charge in [0.1, 0.15) is 6.54 Å². The molecular formula is C17H27N3O5. The van der Waals surface area contributed by atoms with E-state index in [0.29, 0.717) is 13.2 Å². The van der Waals surface area contributed by atoms with Crippen LogP contribution in [0.1, 0.15) is 20.8 Å². The Morgan fingerprint density at radius 2 is 1.76 bits per heavy atom. The Morgan fingerprint density at radius 3 is 2.28 bits per heavy atom. The van der Waals surface area contributed by atoms with Crippen molar-refractivity contribution in [3.05, 3.63) is 30.3 Å². The number of para-hydroxylation sites is 1. The quantitative estimate of drug-likeness (QED) is 0.436. The molecule has 0 radical (unpaired) electrons. The SMILES string of the molecule is CC(C)(C)N(CCOCCNN(CC(=O)O)c1ccccc1)C(=O)O. The van der Waals surface area contributed by atoms with Gasteiger partial charge in [0.15, 0.2) is 0 Å². The molecule has 1 amide bonds. The largest absolute Gasteiger partial charge is 0.480 e. The number of ether oxygens (including phenoxy) is 1. The highest BCUT2D eigenvalue weighted by Crippen LogP contribution is 2.13. The monoisotopic (exact) mass is 353 g/mol. The molecule has 25 heavy (non-hydrogen) atoms. The van der Waals surface area contributed by atoms with E-state index in [1.807, 2.05) is 51.1 Å². The highest BCUT2D eigenvalue weighted by molar-refractivity contribution is 5.73. The van der Waals surface area contributed by atoms with E-state index >= 15 is 0 Å². The van der Waals surface area contributed by atoms with Gasteiger partial charge in [-0.15, -0.1) is 0 Å². The Morgan fingerprint density at radius 1 is 1.12 bits per heavy atom. The second-order valence-corrected chi connectivity index (χ2v) is 6.44. The zero-order valence-corrected chi connectivity index (χ0v) is 14.9. The summed E-state index contributed by atoms with van der Waals surface area (Å²) >= 11 is 0. The lowest BCUT2D eigenvalue weighted by molar-refractivity contribution is -0.135. The van der Waals surface area contributed by atoms with Gasteiger partial charge >= 0.3 is 12.1 Å². The number of carboxylic acids is 1. The van der Waals surface area contributed by atoms with Crippen LogP contribution in [-0.4, -0.2) is 65.6 Å². The minimum Gasteiger partial charge on any atom is -0.480 e. The molecule has 0 aliphatic rings. The first-order valence-corrected chi connectivity index (χ1v) is 8.08. The average molecular weight is 353 g/mol. The number of hydrazine groups is 1. The fourth-order valence-corrected chi connectivity index (χ4v) is 2.21. The van der Waals surface area contributed by atoms with E-state index < -0.39 is 17.6 Å². The fourth-order valence-electron chi connectivity index (χ4n) is 2.21. The average Bonchev–Trinajstić information content (AvgIpc) is 2.51. The van der Waals surface area contributed by atoms with Crippen molar-refractivity contribution in [3.8, 4) is 0 Å². The number of aliphatic carboxylic acids is 1. The van der Waals surface area contributed by atoms with E-state index in [4.69, 9.17) is 9.84 Å². The standard InChI is InChI=1S/C17H27N3O5/c1-17(2,3)19(16(23)24)10-12-25-11-9-18-20(13-15(21)22)14-7-5-4-6-8-14/h4-8,18H,9-13H2,1-3H3,(H,21,22)(H,23,24). The molecule has 0 bridgehead atoms. The fraction of sp³-hybridized carbons (Fsp3) is 0.529. The third-order valence-electron chi connectivity index (χ3n) is 3.41. The second kappa shape index (κ2) is 9.85. The molecule has 1 aromatic carbocycles. The number of amides is 1. The number of nitrogens with one attached hydrogen (secondary N) is 1. The maximum Gasteiger partial charge on any atom is 0.407 e. The number of rotatable bonds is 10.